The number of nitrogens with one attached hydrogen (secondary N) is 1. The second-order valence-corrected chi connectivity index (χ2v) is 7.50. The highest BCUT2D eigenvalue weighted by atomic mass is 32.2. The zero-order valence-electron chi connectivity index (χ0n) is 11.4. The summed E-state index contributed by atoms with van der Waals surface area (Å²) in [6, 6.07) is 1.11. The molecule has 3 unspecified atom stereocenters. The van der Waals surface area contributed by atoms with Crippen LogP contribution in [-0.4, -0.2) is 47.7 Å². The Morgan fingerprint density at radius 1 is 1.50 bits per heavy atom. The highest BCUT2D eigenvalue weighted by Gasteiger charge is 2.27. The molecule has 3 atom stereocenters. The number of nitrogens with zero attached hydrogens (tertiary/aromatic N) is 1. The second-order valence-electron chi connectivity index (χ2n) is 4.91. The summed E-state index contributed by atoms with van der Waals surface area (Å²) in [5.74, 6) is 2.36. The van der Waals surface area contributed by atoms with Crippen LogP contribution < -0.4 is 5.32 Å². The van der Waals surface area contributed by atoms with Crippen molar-refractivity contribution in [2.45, 2.75) is 49.9 Å². The van der Waals surface area contributed by atoms with E-state index in [9.17, 15) is 0 Å². The quantitative estimate of drug-likeness (QED) is 0.815. The largest absolute Gasteiger partial charge is 0.385 e. The van der Waals surface area contributed by atoms with Gasteiger partial charge in [-0.2, -0.15) is 11.8 Å². The summed E-state index contributed by atoms with van der Waals surface area (Å²) >= 11 is 3.99. The molecule has 0 aromatic carbocycles. The van der Waals surface area contributed by atoms with Gasteiger partial charge < -0.3 is 10.1 Å². The van der Waals surface area contributed by atoms with Gasteiger partial charge in [0.15, 0.2) is 5.17 Å². The maximum absolute atomic E-state index is 5.11. The zero-order valence-corrected chi connectivity index (χ0v) is 13.0. The molecule has 3 nitrogen and oxygen atoms in total. The average Bonchev–Trinajstić information content (AvgIpc) is 2.98. The van der Waals surface area contributed by atoms with Gasteiger partial charge in [-0.15, -0.1) is 0 Å². The predicted octanol–water partition coefficient (Wildman–Crippen LogP) is 2.76. The van der Waals surface area contributed by atoms with Crippen LogP contribution in [0.1, 0.15) is 32.6 Å². The number of amidine groups is 1. The Labute approximate surface area is 119 Å². The number of aliphatic imine (C=N–C) groups is 1. The maximum Gasteiger partial charge on any atom is 0.157 e. The summed E-state index contributed by atoms with van der Waals surface area (Å²) in [4.78, 5) is 4.74. The molecule has 0 spiro atoms. The first-order valence-corrected chi connectivity index (χ1v) is 8.93. The first-order valence-electron chi connectivity index (χ1n) is 6.89. The molecule has 1 aliphatic heterocycles. The van der Waals surface area contributed by atoms with E-state index in [1.165, 1.54) is 30.2 Å². The number of hydrogen-bond donors (Lipinski definition) is 1. The molecule has 104 valence electrons. The fourth-order valence-corrected chi connectivity index (χ4v) is 4.74. The third kappa shape index (κ3) is 4.35. The van der Waals surface area contributed by atoms with E-state index in [0.29, 0.717) is 12.1 Å². The SMILES string of the molecule is CCSC1CCC(NC2=NC(CCOC)CS2)C1. The monoisotopic (exact) mass is 288 g/mol. The number of methoxy groups -OCH3 is 1. The lowest BCUT2D eigenvalue weighted by Crippen LogP contribution is -2.30. The number of hydrogen-bond acceptors (Lipinski definition) is 5. The first-order chi connectivity index (χ1) is 8.81. The van der Waals surface area contributed by atoms with E-state index in [0.717, 1.165) is 24.0 Å². The molecule has 1 heterocycles. The number of ether oxygens (including phenoxy) is 1. The summed E-state index contributed by atoms with van der Waals surface area (Å²) in [7, 11) is 1.76. The van der Waals surface area contributed by atoms with Crippen LogP contribution in [0.5, 0.6) is 0 Å². The van der Waals surface area contributed by atoms with E-state index in [1.54, 1.807) is 7.11 Å². The van der Waals surface area contributed by atoms with Crippen molar-refractivity contribution < 1.29 is 4.74 Å². The second kappa shape index (κ2) is 7.65. The predicted molar refractivity (Wildman–Crippen MR) is 82.9 cm³/mol. The highest BCUT2D eigenvalue weighted by molar-refractivity contribution is 8.14. The average molecular weight is 288 g/mol. The van der Waals surface area contributed by atoms with E-state index in [-0.39, 0.29) is 0 Å². The summed E-state index contributed by atoms with van der Waals surface area (Å²) in [5, 5.41) is 5.67. The van der Waals surface area contributed by atoms with E-state index in [2.05, 4.69) is 24.0 Å². The van der Waals surface area contributed by atoms with Crippen molar-refractivity contribution in [2.75, 3.05) is 25.2 Å². The van der Waals surface area contributed by atoms with Gasteiger partial charge >= 0.3 is 0 Å². The van der Waals surface area contributed by atoms with Gasteiger partial charge in [-0.05, 0) is 31.4 Å². The minimum atomic E-state index is 0.458. The molecule has 0 aromatic rings. The molecule has 0 amide bonds. The molecule has 0 radical (unpaired) electrons. The Bertz CT molecular complexity index is 286. The fraction of sp³-hybridized carbons (Fsp3) is 0.923. The normalized spacial score (nSPS) is 31.7. The van der Waals surface area contributed by atoms with E-state index in [1.807, 2.05) is 11.8 Å². The van der Waals surface area contributed by atoms with Crippen LogP contribution in [0, 0.1) is 0 Å². The van der Waals surface area contributed by atoms with Crippen molar-refractivity contribution in [3.63, 3.8) is 0 Å². The molecule has 0 bridgehead atoms. The molecule has 18 heavy (non-hydrogen) atoms. The summed E-state index contributed by atoms with van der Waals surface area (Å²) in [6.07, 6.45) is 5.02. The van der Waals surface area contributed by atoms with Crippen molar-refractivity contribution in [3.8, 4) is 0 Å². The van der Waals surface area contributed by atoms with Gasteiger partial charge in [-0.1, -0.05) is 18.7 Å². The molecule has 0 aromatic heterocycles. The first kappa shape index (κ1) is 14.5. The van der Waals surface area contributed by atoms with Crippen molar-refractivity contribution in [3.05, 3.63) is 0 Å². The fourth-order valence-electron chi connectivity index (χ4n) is 2.53. The number of thioether (sulfide) groups is 2. The zero-order chi connectivity index (χ0) is 12.8. The van der Waals surface area contributed by atoms with Gasteiger partial charge in [0, 0.05) is 30.8 Å². The Morgan fingerprint density at radius 2 is 2.39 bits per heavy atom. The lowest BCUT2D eigenvalue weighted by Gasteiger charge is -2.13. The Hall–Kier alpha value is 0.130. The Morgan fingerprint density at radius 3 is 3.17 bits per heavy atom. The van der Waals surface area contributed by atoms with Crippen molar-refractivity contribution in [1.29, 1.82) is 0 Å². The van der Waals surface area contributed by atoms with Crippen molar-refractivity contribution >= 4 is 28.7 Å². The number of rotatable bonds is 6. The minimum Gasteiger partial charge on any atom is -0.385 e. The van der Waals surface area contributed by atoms with Gasteiger partial charge in [0.2, 0.25) is 0 Å². The summed E-state index contributed by atoms with van der Waals surface area (Å²) in [6.45, 7) is 3.07. The van der Waals surface area contributed by atoms with E-state index < -0.39 is 0 Å². The summed E-state index contributed by atoms with van der Waals surface area (Å²) < 4.78 is 5.11. The molecule has 1 N–H and O–H groups in total. The van der Waals surface area contributed by atoms with Crippen molar-refractivity contribution in [1.82, 2.24) is 5.32 Å². The van der Waals surface area contributed by atoms with Crippen LogP contribution in [0.15, 0.2) is 4.99 Å². The Kier molecular flexibility index (Phi) is 6.18. The third-order valence-corrected chi connectivity index (χ3v) is 5.76. The van der Waals surface area contributed by atoms with Gasteiger partial charge in [0.05, 0.1) is 6.04 Å². The van der Waals surface area contributed by atoms with Gasteiger partial charge in [0.25, 0.3) is 0 Å². The Balaban J connectivity index is 1.71. The molecule has 1 fully saturated rings. The molecule has 2 rings (SSSR count). The lowest BCUT2D eigenvalue weighted by atomic mass is 10.2. The van der Waals surface area contributed by atoms with Crippen LogP contribution in [0.3, 0.4) is 0 Å². The van der Waals surface area contributed by atoms with Gasteiger partial charge in [-0.3, -0.25) is 4.99 Å². The molecular formula is C13H24N2OS2. The standard InChI is InChI=1S/C13H24N2OS2/c1-3-17-12-5-4-10(8-12)14-13-15-11(9-18-13)6-7-16-2/h10-12H,3-9H2,1-2H3,(H,14,15). The maximum atomic E-state index is 5.11. The van der Waals surface area contributed by atoms with Crippen LogP contribution in [0.2, 0.25) is 0 Å². The molecule has 0 saturated heterocycles. The van der Waals surface area contributed by atoms with Crippen LogP contribution in [0.25, 0.3) is 0 Å². The van der Waals surface area contributed by atoms with E-state index in [4.69, 9.17) is 9.73 Å². The molecule has 1 aliphatic carbocycles. The smallest absolute Gasteiger partial charge is 0.157 e. The molecule has 1 saturated carbocycles. The summed E-state index contributed by atoms with van der Waals surface area (Å²) in [5.41, 5.74) is 0. The molecule has 5 heteroatoms. The van der Waals surface area contributed by atoms with Crippen molar-refractivity contribution in [2.24, 2.45) is 4.99 Å². The van der Waals surface area contributed by atoms with Crippen LogP contribution >= 0.6 is 23.5 Å². The van der Waals surface area contributed by atoms with Gasteiger partial charge in [-0.25, -0.2) is 0 Å². The highest BCUT2D eigenvalue weighted by Crippen LogP contribution is 2.30. The molecular weight excluding hydrogens is 264 g/mol. The topological polar surface area (TPSA) is 33.6 Å². The van der Waals surface area contributed by atoms with Crippen LogP contribution in [-0.2, 0) is 4.74 Å². The van der Waals surface area contributed by atoms with Gasteiger partial charge in [0.1, 0.15) is 0 Å². The minimum absolute atomic E-state index is 0.458. The van der Waals surface area contributed by atoms with Crippen LogP contribution in [0.4, 0.5) is 0 Å². The third-order valence-electron chi connectivity index (χ3n) is 3.48. The van der Waals surface area contributed by atoms with E-state index >= 15 is 0 Å². The molecule has 2 aliphatic rings. The lowest BCUT2D eigenvalue weighted by molar-refractivity contribution is 0.190.